The highest BCUT2D eigenvalue weighted by molar-refractivity contribution is 5.48. The van der Waals surface area contributed by atoms with E-state index < -0.39 is 0 Å². The Bertz CT molecular complexity index is 122. The highest BCUT2D eigenvalue weighted by atomic mass is 16.5. The van der Waals surface area contributed by atoms with Gasteiger partial charge in [-0.25, -0.2) is 5.21 Å². The molecule has 0 bridgehead atoms. The second-order valence-corrected chi connectivity index (χ2v) is 2.28. The first-order valence-corrected chi connectivity index (χ1v) is 2.72. The summed E-state index contributed by atoms with van der Waals surface area (Å²) >= 11 is 0. The van der Waals surface area contributed by atoms with Crippen LogP contribution >= 0.6 is 0 Å². The van der Waals surface area contributed by atoms with Crippen molar-refractivity contribution in [3.05, 3.63) is 0 Å². The van der Waals surface area contributed by atoms with Crippen molar-refractivity contribution < 1.29 is 9.78 Å². The molecule has 1 atom stereocenters. The zero-order valence-electron chi connectivity index (χ0n) is 5.20. The Hall–Kier alpha value is -0.570. The number of hydroxylamine groups is 2. The zero-order valence-corrected chi connectivity index (χ0v) is 5.20. The Balaban J connectivity index is 2.56. The first-order valence-electron chi connectivity index (χ1n) is 2.72. The lowest BCUT2D eigenvalue weighted by Gasteiger charge is -1.99. The standard InChI is InChI=1S/C5H11N2O/c1-5-3-6(2)4-7(5)8/h4-5,8H,3H2,1-2H3/q+1. The lowest BCUT2D eigenvalue weighted by Crippen LogP contribution is -2.24. The van der Waals surface area contributed by atoms with Crippen LogP contribution in [0.15, 0.2) is 0 Å². The summed E-state index contributed by atoms with van der Waals surface area (Å²) in [4.78, 5) is 0. The lowest BCUT2D eigenvalue weighted by molar-refractivity contribution is -0.485. The molecule has 0 saturated heterocycles. The molecular formula is C5H11N2O+. The maximum absolute atomic E-state index is 8.90. The third-order valence-electron chi connectivity index (χ3n) is 1.32. The Kier molecular flexibility index (Phi) is 1.21. The second-order valence-electron chi connectivity index (χ2n) is 2.28. The summed E-state index contributed by atoms with van der Waals surface area (Å²) in [6.07, 6.45) is 1.69. The van der Waals surface area contributed by atoms with E-state index in [-0.39, 0.29) is 6.04 Å². The summed E-state index contributed by atoms with van der Waals surface area (Å²) in [5, 5.41) is 10.1. The Labute approximate surface area is 48.8 Å². The molecule has 1 unspecified atom stereocenters. The molecule has 3 heteroatoms. The van der Waals surface area contributed by atoms with Crippen molar-refractivity contribution in [2.24, 2.45) is 0 Å². The van der Waals surface area contributed by atoms with Crippen molar-refractivity contribution in [1.29, 1.82) is 0 Å². The van der Waals surface area contributed by atoms with Crippen molar-refractivity contribution in [1.82, 2.24) is 5.06 Å². The van der Waals surface area contributed by atoms with Crippen molar-refractivity contribution in [2.75, 3.05) is 13.6 Å². The molecule has 1 heterocycles. The predicted octanol–water partition coefficient (Wildman–Crippen LogP) is -0.250. The molecule has 0 aromatic rings. The normalized spacial score (nSPS) is 28.6. The summed E-state index contributed by atoms with van der Waals surface area (Å²) in [6.45, 7) is 2.89. The molecule has 1 aliphatic heterocycles. The predicted molar refractivity (Wildman–Crippen MR) is 30.2 cm³/mol. The minimum atomic E-state index is 0.250. The second kappa shape index (κ2) is 1.74. The molecule has 0 spiro atoms. The van der Waals surface area contributed by atoms with Crippen molar-refractivity contribution in [2.45, 2.75) is 13.0 Å². The quantitative estimate of drug-likeness (QED) is 0.441. The lowest BCUT2D eigenvalue weighted by atomic mass is 10.4. The maximum Gasteiger partial charge on any atom is 0.264 e. The van der Waals surface area contributed by atoms with Crippen molar-refractivity contribution in [3.63, 3.8) is 0 Å². The molecule has 0 aliphatic carbocycles. The van der Waals surface area contributed by atoms with E-state index in [1.807, 2.05) is 18.5 Å². The van der Waals surface area contributed by atoms with Gasteiger partial charge in [0.2, 0.25) is 0 Å². The third kappa shape index (κ3) is 0.816. The van der Waals surface area contributed by atoms with Crippen LogP contribution in [0, 0.1) is 0 Å². The smallest absolute Gasteiger partial charge is 0.264 e. The van der Waals surface area contributed by atoms with Gasteiger partial charge in [0.05, 0.1) is 7.05 Å². The van der Waals surface area contributed by atoms with E-state index in [9.17, 15) is 0 Å². The maximum atomic E-state index is 8.90. The Morgan fingerprint density at radius 1 is 1.88 bits per heavy atom. The fourth-order valence-corrected chi connectivity index (χ4v) is 0.863. The van der Waals surface area contributed by atoms with Crippen LogP contribution in [0.2, 0.25) is 0 Å². The third-order valence-corrected chi connectivity index (χ3v) is 1.32. The molecule has 1 aliphatic rings. The van der Waals surface area contributed by atoms with Crippen LogP contribution in [0.4, 0.5) is 0 Å². The largest absolute Gasteiger partial charge is 0.264 e. The molecule has 1 N–H and O–H groups in total. The van der Waals surface area contributed by atoms with Gasteiger partial charge in [-0.3, -0.25) is 4.58 Å². The van der Waals surface area contributed by atoms with Gasteiger partial charge >= 0.3 is 0 Å². The van der Waals surface area contributed by atoms with Gasteiger partial charge in [-0.2, -0.15) is 0 Å². The summed E-state index contributed by atoms with van der Waals surface area (Å²) in [7, 11) is 1.94. The van der Waals surface area contributed by atoms with E-state index in [0.29, 0.717) is 0 Å². The van der Waals surface area contributed by atoms with Crippen LogP contribution in [-0.4, -0.2) is 40.8 Å². The van der Waals surface area contributed by atoms with Gasteiger partial charge in [0.1, 0.15) is 6.54 Å². The molecule has 1 rings (SSSR count). The van der Waals surface area contributed by atoms with Crippen molar-refractivity contribution in [3.8, 4) is 0 Å². The van der Waals surface area contributed by atoms with Crippen LogP contribution in [0.1, 0.15) is 6.92 Å². The topological polar surface area (TPSA) is 26.5 Å². The minimum absolute atomic E-state index is 0.250. The van der Waals surface area contributed by atoms with Crippen LogP contribution in [0.5, 0.6) is 0 Å². The first-order chi connectivity index (χ1) is 3.70. The van der Waals surface area contributed by atoms with Gasteiger partial charge in [-0.05, 0) is 6.92 Å². The van der Waals surface area contributed by atoms with Gasteiger partial charge in [0.25, 0.3) is 6.34 Å². The van der Waals surface area contributed by atoms with E-state index in [0.717, 1.165) is 6.54 Å². The van der Waals surface area contributed by atoms with Crippen LogP contribution in [0.3, 0.4) is 0 Å². The molecule has 0 fully saturated rings. The number of rotatable bonds is 0. The average molecular weight is 115 g/mol. The van der Waals surface area contributed by atoms with E-state index in [1.165, 1.54) is 5.06 Å². The molecule has 3 nitrogen and oxygen atoms in total. The first kappa shape index (κ1) is 5.56. The van der Waals surface area contributed by atoms with Gasteiger partial charge in [-0.1, -0.05) is 0 Å². The number of likely N-dealkylation sites (N-methyl/N-ethyl adjacent to an activating group) is 1. The molecule has 0 amide bonds. The van der Waals surface area contributed by atoms with E-state index in [2.05, 4.69) is 0 Å². The van der Waals surface area contributed by atoms with Crippen LogP contribution in [0.25, 0.3) is 0 Å². The molecular weight excluding hydrogens is 104 g/mol. The van der Waals surface area contributed by atoms with Gasteiger partial charge in [-0.15, -0.1) is 5.06 Å². The van der Waals surface area contributed by atoms with Gasteiger partial charge in [0.15, 0.2) is 6.04 Å². The molecule has 8 heavy (non-hydrogen) atoms. The highest BCUT2D eigenvalue weighted by Crippen LogP contribution is 1.97. The average Bonchev–Trinajstić information content (AvgIpc) is 1.85. The molecule has 0 aromatic carbocycles. The van der Waals surface area contributed by atoms with Gasteiger partial charge in [0, 0.05) is 0 Å². The van der Waals surface area contributed by atoms with E-state index in [1.54, 1.807) is 6.34 Å². The zero-order chi connectivity index (χ0) is 6.15. The molecule has 0 aromatic heterocycles. The van der Waals surface area contributed by atoms with Gasteiger partial charge < -0.3 is 0 Å². The monoisotopic (exact) mass is 115 g/mol. The fourth-order valence-electron chi connectivity index (χ4n) is 0.863. The summed E-state index contributed by atoms with van der Waals surface area (Å²) < 4.78 is 1.95. The summed E-state index contributed by atoms with van der Waals surface area (Å²) in [5.74, 6) is 0. The Morgan fingerprint density at radius 3 is 2.62 bits per heavy atom. The van der Waals surface area contributed by atoms with E-state index in [4.69, 9.17) is 5.21 Å². The number of nitrogens with zero attached hydrogens (tertiary/aromatic N) is 2. The highest BCUT2D eigenvalue weighted by Gasteiger charge is 2.23. The molecule has 46 valence electrons. The minimum Gasteiger partial charge on any atom is -0.264 e. The SMILES string of the molecule is CC1C[N+](C)=CN1O. The molecule has 0 saturated carbocycles. The summed E-state index contributed by atoms with van der Waals surface area (Å²) in [6, 6.07) is 0.250. The molecule has 0 radical (unpaired) electrons. The van der Waals surface area contributed by atoms with E-state index >= 15 is 0 Å². The number of hydrogen-bond donors (Lipinski definition) is 1. The Morgan fingerprint density at radius 2 is 2.50 bits per heavy atom. The van der Waals surface area contributed by atoms with Crippen molar-refractivity contribution >= 4 is 6.34 Å². The van der Waals surface area contributed by atoms with Crippen LogP contribution < -0.4 is 0 Å². The summed E-state index contributed by atoms with van der Waals surface area (Å²) in [5.41, 5.74) is 0. The fraction of sp³-hybridized carbons (Fsp3) is 0.800. The number of hydrogen-bond acceptors (Lipinski definition) is 2. The van der Waals surface area contributed by atoms with Crippen LogP contribution in [-0.2, 0) is 0 Å².